The predicted molar refractivity (Wildman–Crippen MR) is 62.4 cm³/mol. The molecule has 1 aromatic carbocycles. The van der Waals surface area contributed by atoms with Gasteiger partial charge in [-0.15, -0.1) is 0 Å². The van der Waals surface area contributed by atoms with Crippen LogP contribution in [-0.2, 0) is 0 Å². The fraction of sp³-hybridized carbons (Fsp3) is 0.500. The van der Waals surface area contributed by atoms with Gasteiger partial charge < -0.3 is 15.4 Å². The number of rotatable bonds is 2. The zero-order valence-corrected chi connectivity index (χ0v) is 9.15. The molecule has 0 radical (unpaired) electrons. The van der Waals surface area contributed by atoms with E-state index in [0.29, 0.717) is 6.04 Å². The normalized spacial score (nSPS) is 21.5. The van der Waals surface area contributed by atoms with Crippen LogP contribution in [0.15, 0.2) is 24.3 Å². The maximum Gasteiger partial charge on any atom is 0.142 e. The monoisotopic (exact) mass is 206 g/mol. The fourth-order valence-electron chi connectivity index (χ4n) is 2.12. The Bertz CT molecular complexity index is 327. The minimum absolute atomic E-state index is 0.295. The average Bonchev–Trinajstić information content (AvgIpc) is 2.29. The van der Waals surface area contributed by atoms with Crippen LogP contribution >= 0.6 is 0 Å². The van der Waals surface area contributed by atoms with Gasteiger partial charge in [-0.2, -0.15) is 0 Å². The molecule has 0 saturated carbocycles. The van der Waals surface area contributed by atoms with Gasteiger partial charge in [-0.05, 0) is 25.0 Å². The Hall–Kier alpha value is -1.22. The first kappa shape index (κ1) is 10.3. The third-order valence-corrected chi connectivity index (χ3v) is 2.88. The van der Waals surface area contributed by atoms with Crippen LogP contribution in [-0.4, -0.2) is 26.2 Å². The molecule has 1 aliphatic heterocycles. The van der Waals surface area contributed by atoms with Gasteiger partial charge in [0, 0.05) is 19.1 Å². The average molecular weight is 206 g/mol. The molecule has 2 rings (SSSR count). The van der Waals surface area contributed by atoms with Crippen molar-refractivity contribution in [1.82, 2.24) is 0 Å². The van der Waals surface area contributed by atoms with Crippen molar-refractivity contribution in [1.29, 1.82) is 0 Å². The maximum absolute atomic E-state index is 5.97. The Balaban J connectivity index is 2.20. The Morgan fingerprint density at radius 3 is 2.93 bits per heavy atom. The van der Waals surface area contributed by atoms with E-state index in [9.17, 15) is 0 Å². The Kier molecular flexibility index (Phi) is 3.11. The molecular weight excluding hydrogens is 188 g/mol. The number of nitrogens with zero attached hydrogens (tertiary/aromatic N) is 1. The molecule has 0 spiro atoms. The van der Waals surface area contributed by atoms with Crippen LogP contribution < -0.4 is 15.4 Å². The molecule has 1 atom stereocenters. The number of anilines is 1. The van der Waals surface area contributed by atoms with Crippen molar-refractivity contribution in [3.8, 4) is 5.75 Å². The molecule has 1 aliphatic rings. The Morgan fingerprint density at radius 1 is 1.40 bits per heavy atom. The highest BCUT2D eigenvalue weighted by Crippen LogP contribution is 2.29. The number of hydrogen-bond acceptors (Lipinski definition) is 3. The number of hydrogen-bond donors (Lipinski definition) is 1. The van der Waals surface area contributed by atoms with Crippen LogP contribution in [0.5, 0.6) is 5.75 Å². The maximum atomic E-state index is 5.97. The van der Waals surface area contributed by atoms with Gasteiger partial charge in [0.25, 0.3) is 0 Å². The van der Waals surface area contributed by atoms with E-state index >= 15 is 0 Å². The molecule has 82 valence electrons. The van der Waals surface area contributed by atoms with Gasteiger partial charge in [-0.3, -0.25) is 0 Å². The summed E-state index contributed by atoms with van der Waals surface area (Å²) in [6, 6.07) is 8.42. The molecule has 0 aromatic heterocycles. The van der Waals surface area contributed by atoms with Gasteiger partial charge in [0.1, 0.15) is 5.75 Å². The van der Waals surface area contributed by atoms with Crippen LogP contribution in [0.25, 0.3) is 0 Å². The SMILES string of the molecule is COc1ccccc1N1CCC[C@@H](N)C1. The summed E-state index contributed by atoms with van der Waals surface area (Å²) in [5.41, 5.74) is 7.13. The zero-order valence-electron chi connectivity index (χ0n) is 9.15. The number of para-hydroxylation sites is 2. The summed E-state index contributed by atoms with van der Waals surface area (Å²) in [5.74, 6) is 0.937. The predicted octanol–water partition coefficient (Wildman–Crippen LogP) is 1.62. The van der Waals surface area contributed by atoms with Crippen molar-refractivity contribution >= 4 is 5.69 Å². The largest absolute Gasteiger partial charge is 0.495 e. The van der Waals surface area contributed by atoms with E-state index in [-0.39, 0.29) is 0 Å². The molecule has 1 saturated heterocycles. The summed E-state index contributed by atoms with van der Waals surface area (Å²) < 4.78 is 5.35. The summed E-state index contributed by atoms with van der Waals surface area (Å²) in [7, 11) is 1.71. The minimum Gasteiger partial charge on any atom is -0.495 e. The van der Waals surface area contributed by atoms with E-state index in [1.54, 1.807) is 7.11 Å². The van der Waals surface area contributed by atoms with Gasteiger partial charge >= 0.3 is 0 Å². The molecular formula is C12H18N2O. The molecule has 0 aliphatic carbocycles. The van der Waals surface area contributed by atoms with Crippen LogP contribution in [0.3, 0.4) is 0 Å². The zero-order chi connectivity index (χ0) is 10.7. The molecule has 3 heteroatoms. The van der Waals surface area contributed by atoms with Gasteiger partial charge in [-0.25, -0.2) is 0 Å². The van der Waals surface area contributed by atoms with Gasteiger partial charge in [0.2, 0.25) is 0 Å². The molecule has 0 unspecified atom stereocenters. The number of ether oxygens (including phenoxy) is 1. The van der Waals surface area contributed by atoms with Crippen molar-refractivity contribution in [3.63, 3.8) is 0 Å². The third-order valence-electron chi connectivity index (χ3n) is 2.88. The second-order valence-corrected chi connectivity index (χ2v) is 4.02. The standard InChI is InChI=1S/C12H18N2O/c1-15-12-7-3-2-6-11(12)14-8-4-5-10(13)9-14/h2-3,6-7,10H,4-5,8-9,13H2,1H3/t10-/m1/s1. The Labute approximate surface area is 90.8 Å². The quantitative estimate of drug-likeness (QED) is 0.799. The topological polar surface area (TPSA) is 38.5 Å². The molecule has 0 amide bonds. The van der Waals surface area contributed by atoms with Crippen LogP contribution in [0.1, 0.15) is 12.8 Å². The molecule has 1 heterocycles. The summed E-state index contributed by atoms with van der Waals surface area (Å²) in [5, 5.41) is 0. The first-order valence-corrected chi connectivity index (χ1v) is 5.45. The van der Waals surface area contributed by atoms with Gasteiger partial charge in [0.05, 0.1) is 12.8 Å². The highest BCUT2D eigenvalue weighted by Gasteiger charge is 2.18. The second kappa shape index (κ2) is 4.53. The lowest BCUT2D eigenvalue weighted by atomic mass is 10.1. The first-order chi connectivity index (χ1) is 7.31. The lowest BCUT2D eigenvalue weighted by molar-refractivity contribution is 0.411. The smallest absolute Gasteiger partial charge is 0.142 e. The lowest BCUT2D eigenvalue weighted by Crippen LogP contribution is -2.42. The molecule has 1 aromatic rings. The molecule has 1 fully saturated rings. The van der Waals surface area contributed by atoms with Crippen molar-refractivity contribution < 1.29 is 4.74 Å². The minimum atomic E-state index is 0.295. The van der Waals surface area contributed by atoms with Crippen molar-refractivity contribution in [2.45, 2.75) is 18.9 Å². The van der Waals surface area contributed by atoms with E-state index in [1.807, 2.05) is 18.2 Å². The number of methoxy groups -OCH3 is 1. The highest BCUT2D eigenvalue weighted by atomic mass is 16.5. The summed E-state index contributed by atoms with van der Waals surface area (Å²) in [6.45, 7) is 2.01. The molecule has 0 bridgehead atoms. The highest BCUT2D eigenvalue weighted by molar-refractivity contribution is 5.58. The van der Waals surface area contributed by atoms with Crippen LogP contribution in [0.4, 0.5) is 5.69 Å². The fourth-order valence-corrected chi connectivity index (χ4v) is 2.12. The van der Waals surface area contributed by atoms with Crippen molar-refractivity contribution in [2.24, 2.45) is 5.73 Å². The number of piperidine rings is 1. The van der Waals surface area contributed by atoms with Crippen molar-refractivity contribution in [3.05, 3.63) is 24.3 Å². The first-order valence-electron chi connectivity index (χ1n) is 5.45. The molecule has 3 nitrogen and oxygen atoms in total. The van der Waals surface area contributed by atoms with Gasteiger partial charge in [0.15, 0.2) is 0 Å². The number of benzene rings is 1. The van der Waals surface area contributed by atoms with E-state index in [0.717, 1.165) is 30.9 Å². The number of nitrogens with two attached hydrogens (primary N) is 1. The second-order valence-electron chi connectivity index (χ2n) is 4.02. The van der Waals surface area contributed by atoms with Crippen molar-refractivity contribution in [2.75, 3.05) is 25.1 Å². The summed E-state index contributed by atoms with van der Waals surface area (Å²) in [4.78, 5) is 2.31. The van der Waals surface area contributed by atoms with E-state index in [4.69, 9.17) is 10.5 Å². The molecule has 2 N–H and O–H groups in total. The van der Waals surface area contributed by atoms with Crippen LogP contribution in [0, 0.1) is 0 Å². The summed E-state index contributed by atoms with van der Waals surface area (Å²) >= 11 is 0. The third kappa shape index (κ3) is 2.23. The molecule has 15 heavy (non-hydrogen) atoms. The van der Waals surface area contributed by atoms with E-state index in [2.05, 4.69) is 11.0 Å². The van der Waals surface area contributed by atoms with E-state index < -0.39 is 0 Å². The lowest BCUT2D eigenvalue weighted by Gasteiger charge is -2.33. The summed E-state index contributed by atoms with van der Waals surface area (Å²) in [6.07, 6.45) is 2.30. The van der Waals surface area contributed by atoms with Gasteiger partial charge in [-0.1, -0.05) is 12.1 Å². The Morgan fingerprint density at radius 2 is 2.20 bits per heavy atom. The van der Waals surface area contributed by atoms with E-state index in [1.165, 1.54) is 6.42 Å². The van der Waals surface area contributed by atoms with Crippen LogP contribution in [0.2, 0.25) is 0 Å².